The fourth-order valence-corrected chi connectivity index (χ4v) is 4.33. The van der Waals surface area contributed by atoms with Gasteiger partial charge in [-0.25, -0.2) is 9.07 Å². The molecule has 1 aliphatic rings. The van der Waals surface area contributed by atoms with E-state index in [1.54, 1.807) is 16.8 Å². The first kappa shape index (κ1) is 23.3. The number of rotatable bonds is 10. The van der Waals surface area contributed by atoms with Crippen LogP contribution in [0.2, 0.25) is 0 Å². The molecule has 0 unspecified atom stereocenters. The van der Waals surface area contributed by atoms with E-state index in [-0.39, 0.29) is 5.82 Å². The van der Waals surface area contributed by atoms with Crippen molar-refractivity contribution < 1.29 is 14.2 Å². The van der Waals surface area contributed by atoms with E-state index >= 15 is 0 Å². The van der Waals surface area contributed by atoms with Gasteiger partial charge in [0.05, 0.1) is 23.0 Å². The van der Waals surface area contributed by atoms with Crippen molar-refractivity contribution in [1.29, 1.82) is 0 Å². The predicted octanol–water partition coefficient (Wildman–Crippen LogP) is 6.06. The van der Waals surface area contributed by atoms with Crippen LogP contribution in [0.3, 0.4) is 0 Å². The Hall–Kier alpha value is -3.48. The summed E-state index contributed by atoms with van der Waals surface area (Å²) in [5, 5.41) is 15.7. The number of aryl methyl sites for hydroxylation is 1. The van der Waals surface area contributed by atoms with E-state index in [0.717, 1.165) is 29.1 Å². The Morgan fingerprint density at radius 2 is 1.74 bits per heavy atom. The first-order valence-corrected chi connectivity index (χ1v) is 12.1. The number of benzene rings is 3. The van der Waals surface area contributed by atoms with E-state index in [0.29, 0.717) is 30.6 Å². The fourth-order valence-electron chi connectivity index (χ4n) is 4.33. The molecule has 0 amide bonds. The van der Waals surface area contributed by atoms with Gasteiger partial charge in [-0.05, 0) is 55.5 Å². The molecule has 3 aromatic carbocycles. The van der Waals surface area contributed by atoms with Gasteiger partial charge in [-0.3, -0.25) is 4.90 Å². The predicted molar refractivity (Wildman–Crippen MR) is 134 cm³/mol. The standard InChI is InChI=1S/C29H30FN3O2/c1-21-27(19-32(18-22-15-16-22)20-28(34)23-9-4-2-5-10-23)29(35-26-14-8-11-24(30)17-26)33(31-21)25-12-6-3-7-13-25/h2-14,17,22,28,34H,15-16,18-20H2,1H3/t28-/m0/s1. The van der Waals surface area contributed by atoms with Crippen LogP contribution in [-0.4, -0.2) is 32.9 Å². The number of nitrogens with zero attached hydrogens (tertiary/aromatic N) is 3. The van der Waals surface area contributed by atoms with Gasteiger partial charge in [0.2, 0.25) is 5.88 Å². The summed E-state index contributed by atoms with van der Waals surface area (Å²) >= 11 is 0. The summed E-state index contributed by atoms with van der Waals surface area (Å²) in [4.78, 5) is 2.28. The van der Waals surface area contributed by atoms with Crippen LogP contribution < -0.4 is 4.74 Å². The van der Waals surface area contributed by atoms with Crippen molar-refractivity contribution in [3.8, 4) is 17.3 Å². The van der Waals surface area contributed by atoms with E-state index in [2.05, 4.69) is 4.90 Å². The molecule has 35 heavy (non-hydrogen) atoms. The SMILES string of the molecule is Cc1nn(-c2ccccc2)c(Oc2cccc(F)c2)c1CN(CC1CC1)C[C@H](O)c1ccccc1. The number of hydrogen-bond donors (Lipinski definition) is 1. The number of aliphatic hydroxyl groups excluding tert-OH is 1. The molecule has 6 heteroatoms. The van der Waals surface area contributed by atoms with Crippen LogP contribution in [0.4, 0.5) is 4.39 Å². The molecule has 0 saturated heterocycles. The maximum Gasteiger partial charge on any atom is 0.227 e. The second-order valence-electron chi connectivity index (χ2n) is 9.24. The summed E-state index contributed by atoms with van der Waals surface area (Å²) in [6.45, 7) is 3.95. The van der Waals surface area contributed by atoms with E-state index in [1.807, 2.05) is 67.6 Å². The molecule has 1 N–H and O–H groups in total. The number of para-hydroxylation sites is 1. The Balaban J connectivity index is 1.48. The first-order valence-electron chi connectivity index (χ1n) is 12.1. The van der Waals surface area contributed by atoms with Crippen molar-refractivity contribution in [2.24, 2.45) is 5.92 Å². The van der Waals surface area contributed by atoms with Gasteiger partial charge in [-0.15, -0.1) is 0 Å². The lowest BCUT2D eigenvalue weighted by atomic mass is 10.1. The zero-order chi connectivity index (χ0) is 24.2. The molecule has 5 nitrogen and oxygen atoms in total. The van der Waals surface area contributed by atoms with Gasteiger partial charge < -0.3 is 9.84 Å². The lowest BCUT2D eigenvalue weighted by Gasteiger charge is -2.25. The maximum atomic E-state index is 13.9. The summed E-state index contributed by atoms with van der Waals surface area (Å²) in [6.07, 6.45) is 1.84. The molecule has 0 bridgehead atoms. The highest BCUT2D eigenvalue weighted by Gasteiger charge is 2.28. The largest absolute Gasteiger partial charge is 0.438 e. The third kappa shape index (κ3) is 5.78. The highest BCUT2D eigenvalue weighted by Crippen LogP contribution is 2.35. The molecule has 0 spiro atoms. The summed E-state index contributed by atoms with van der Waals surface area (Å²) in [5.41, 5.74) is 3.54. The highest BCUT2D eigenvalue weighted by atomic mass is 19.1. The number of halogens is 1. The Morgan fingerprint density at radius 1 is 1.03 bits per heavy atom. The molecule has 1 heterocycles. The Bertz CT molecular complexity index is 1260. The van der Waals surface area contributed by atoms with Crippen LogP contribution in [0, 0.1) is 18.7 Å². The van der Waals surface area contributed by atoms with Crippen LogP contribution >= 0.6 is 0 Å². The Kier molecular flexibility index (Phi) is 6.93. The van der Waals surface area contributed by atoms with Crippen molar-refractivity contribution >= 4 is 0 Å². The molecule has 5 rings (SSSR count). The first-order chi connectivity index (χ1) is 17.1. The van der Waals surface area contributed by atoms with Crippen molar-refractivity contribution in [1.82, 2.24) is 14.7 Å². The van der Waals surface area contributed by atoms with Gasteiger partial charge in [0, 0.05) is 25.7 Å². The van der Waals surface area contributed by atoms with E-state index in [9.17, 15) is 9.50 Å². The minimum atomic E-state index is -0.591. The van der Waals surface area contributed by atoms with Gasteiger partial charge in [0.1, 0.15) is 11.6 Å². The van der Waals surface area contributed by atoms with Crippen molar-refractivity contribution in [3.05, 3.63) is 108 Å². The van der Waals surface area contributed by atoms with Crippen molar-refractivity contribution in [2.45, 2.75) is 32.4 Å². The van der Waals surface area contributed by atoms with Crippen LogP contribution in [0.5, 0.6) is 11.6 Å². The molecule has 1 aliphatic carbocycles. The summed E-state index contributed by atoms with van der Waals surface area (Å²) < 4.78 is 22.0. The minimum absolute atomic E-state index is 0.354. The molecule has 180 valence electrons. The molecule has 4 aromatic rings. The number of hydrogen-bond acceptors (Lipinski definition) is 4. The Morgan fingerprint density at radius 3 is 2.43 bits per heavy atom. The monoisotopic (exact) mass is 471 g/mol. The number of ether oxygens (including phenoxy) is 1. The van der Waals surface area contributed by atoms with E-state index in [4.69, 9.17) is 9.84 Å². The number of aromatic nitrogens is 2. The molecule has 1 atom stereocenters. The van der Waals surface area contributed by atoms with Crippen molar-refractivity contribution in [3.63, 3.8) is 0 Å². The second kappa shape index (κ2) is 10.4. The Labute approximate surface area is 205 Å². The quantitative estimate of drug-likeness (QED) is 0.306. The van der Waals surface area contributed by atoms with E-state index < -0.39 is 6.10 Å². The zero-order valence-corrected chi connectivity index (χ0v) is 19.8. The number of aliphatic hydroxyl groups is 1. The molecular weight excluding hydrogens is 441 g/mol. The molecule has 1 saturated carbocycles. The van der Waals surface area contributed by atoms with Crippen LogP contribution in [0.1, 0.15) is 35.8 Å². The average Bonchev–Trinajstić information content (AvgIpc) is 3.64. The smallest absolute Gasteiger partial charge is 0.227 e. The molecule has 0 aliphatic heterocycles. The van der Waals surface area contributed by atoms with E-state index in [1.165, 1.54) is 25.0 Å². The highest BCUT2D eigenvalue weighted by molar-refractivity contribution is 5.43. The normalized spacial score (nSPS) is 14.3. The topological polar surface area (TPSA) is 50.5 Å². The van der Waals surface area contributed by atoms with Gasteiger partial charge in [-0.2, -0.15) is 5.10 Å². The summed E-state index contributed by atoms with van der Waals surface area (Å²) in [6, 6.07) is 25.7. The average molecular weight is 472 g/mol. The summed E-state index contributed by atoms with van der Waals surface area (Å²) in [5.74, 6) is 1.28. The molecule has 0 radical (unpaired) electrons. The van der Waals surface area contributed by atoms with Crippen LogP contribution in [0.15, 0.2) is 84.9 Å². The molecule has 1 aromatic heterocycles. The zero-order valence-electron chi connectivity index (χ0n) is 19.8. The lowest BCUT2D eigenvalue weighted by molar-refractivity contribution is 0.105. The van der Waals surface area contributed by atoms with Crippen molar-refractivity contribution in [2.75, 3.05) is 13.1 Å². The van der Waals surface area contributed by atoms with Gasteiger partial charge in [-0.1, -0.05) is 54.6 Å². The third-order valence-corrected chi connectivity index (χ3v) is 6.36. The van der Waals surface area contributed by atoms with Gasteiger partial charge >= 0.3 is 0 Å². The third-order valence-electron chi connectivity index (χ3n) is 6.36. The second-order valence-corrected chi connectivity index (χ2v) is 9.24. The van der Waals surface area contributed by atoms with Gasteiger partial charge in [0.15, 0.2) is 0 Å². The van der Waals surface area contributed by atoms with Gasteiger partial charge in [0.25, 0.3) is 0 Å². The lowest BCUT2D eigenvalue weighted by Crippen LogP contribution is -2.30. The fraction of sp³-hybridized carbons (Fsp3) is 0.276. The summed E-state index contributed by atoms with van der Waals surface area (Å²) in [7, 11) is 0. The maximum absolute atomic E-state index is 13.9. The van der Waals surface area contributed by atoms with Crippen LogP contribution in [0.25, 0.3) is 5.69 Å². The molecule has 1 fully saturated rings. The molecular formula is C29H30FN3O2. The van der Waals surface area contributed by atoms with Crippen LogP contribution in [-0.2, 0) is 6.54 Å². The minimum Gasteiger partial charge on any atom is -0.438 e.